The van der Waals surface area contributed by atoms with Gasteiger partial charge in [0.2, 0.25) is 0 Å². The van der Waals surface area contributed by atoms with Crippen molar-refractivity contribution >= 4 is 17.3 Å². The van der Waals surface area contributed by atoms with Gasteiger partial charge in [0.05, 0.1) is 18.4 Å². The van der Waals surface area contributed by atoms with Gasteiger partial charge in [-0.3, -0.25) is 0 Å². The van der Waals surface area contributed by atoms with E-state index in [1.54, 1.807) is 0 Å². The summed E-state index contributed by atoms with van der Waals surface area (Å²) in [5.74, 6) is -0.365. The topological polar surface area (TPSA) is 64.3 Å². The number of hydrogen-bond donors (Lipinski definition) is 2. The van der Waals surface area contributed by atoms with E-state index in [-0.39, 0.29) is 23.0 Å². The number of benzene rings is 1. The molecule has 0 amide bonds. The van der Waals surface area contributed by atoms with Crippen LogP contribution in [0.2, 0.25) is 0 Å². The Kier molecular flexibility index (Phi) is 6.46. The zero-order valence-electron chi connectivity index (χ0n) is 13.2. The van der Waals surface area contributed by atoms with E-state index in [1.807, 2.05) is 6.92 Å². The average molecular weight is 296 g/mol. The highest BCUT2D eigenvalue weighted by Crippen LogP contribution is 2.24. The largest absolute Gasteiger partial charge is 0.465 e. The number of nitrogens with one attached hydrogen (secondary N) is 1. The standard InChI is InChI=1S/C16H25FN2O2/c1-10(2)6-5-7-11(3)19-15-8-12(16(20)21-4)14(18)9-13(15)17/h8-11,19H,5-7,18H2,1-4H3. The first-order valence-electron chi connectivity index (χ1n) is 7.29. The summed E-state index contributed by atoms with van der Waals surface area (Å²) in [6, 6.07) is 2.68. The first-order valence-corrected chi connectivity index (χ1v) is 7.29. The first-order chi connectivity index (χ1) is 9.85. The van der Waals surface area contributed by atoms with Crippen molar-refractivity contribution in [3.63, 3.8) is 0 Å². The number of ether oxygens (including phenoxy) is 1. The van der Waals surface area contributed by atoms with Gasteiger partial charge < -0.3 is 15.8 Å². The molecule has 0 aliphatic rings. The fraction of sp³-hybridized carbons (Fsp3) is 0.562. The molecular weight excluding hydrogens is 271 g/mol. The second kappa shape index (κ2) is 7.86. The van der Waals surface area contributed by atoms with E-state index in [0.717, 1.165) is 25.3 Å². The molecule has 0 aromatic heterocycles. The van der Waals surface area contributed by atoms with E-state index < -0.39 is 11.8 Å². The molecule has 1 rings (SSSR count). The number of carbonyl (C=O) groups is 1. The zero-order valence-corrected chi connectivity index (χ0v) is 13.2. The monoisotopic (exact) mass is 296 g/mol. The highest BCUT2D eigenvalue weighted by atomic mass is 19.1. The van der Waals surface area contributed by atoms with Gasteiger partial charge in [0.1, 0.15) is 5.82 Å². The Balaban J connectivity index is 2.76. The minimum absolute atomic E-state index is 0.0809. The van der Waals surface area contributed by atoms with Crippen LogP contribution in [-0.4, -0.2) is 19.1 Å². The summed E-state index contributed by atoms with van der Waals surface area (Å²) < 4.78 is 18.6. The van der Waals surface area contributed by atoms with Gasteiger partial charge in [0.25, 0.3) is 0 Å². The molecule has 1 aromatic rings. The molecular formula is C16H25FN2O2. The average Bonchev–Trinajstić information content (AvgIpc) is 2.40. The van der Waals surface area contributed by atoms with Gasteiger partial charge in [-0.1, -0.05) is 26.7 Å². The smallest absolute Gasteiger partial charge is 0.340 e. The summed E-state index contributed by atoms with van der Waals surface area (Å²) in [6.45, 7) is 6.36. The fourth-order valence-corrected chi connectivity index (χ4v) is 2.16. The number of rotatable bonds is 7. The second-order valence-electron chi connectivity index (χ2n) is 5.78. The van der Waals surface area contributed by atoms with Crippen molar-refractivity contribution in [3.8, 4) is 0 Å². The second-order valence-corrected chi connectivity index (χ2v) is 5.78. The van der Waals surface area contributed by atoms with Gasteiger partial charge in [-0.15, -0.1) is 0 Å². The van der Waals surface area contributed by atoms with E-state index in [4.69, 9.17) is 5.73 Å². The minimum atomic E-state index is -0.567. The molecule has 0 aliphatic heterocycles. The number of halogens is 1. The predicted octanol–water partition coefficient (Wildman–Crippen LogP) is 3.82. The molecule has 3 N–H and O–H groups in total. The predicted molar refractivity (Wildman–Crippen MR) is 83.9 cm³/mol. The van der Waals surface area contributed by atoms with Crippen molar-refractivity contribution in [2.45, 2.75) is 46.1 Å². The molecule has 0 fully saturated rings. The highest BCUT2D eigenvalue weighted by Gasteiger charge is 2.15. The Bertz CT molecular complexity index is 489. The third-order valence-electron chi connectivity index (χ3n) is 3.37. The minimum Gasteiger partial charge on any atom is -0.465 e. The summed E-state index contributed by atoms with van der Waals surface area (Å²) in [5, 5.41) is 3.09. The van der Waals surface area contributed by atoms with Gasteiger partial charge in [-0.05, 0) is 31.4 Å². The van der Waals surface area contributed by atoms with Crippen LogP contribution in [0, 0.1) is 11.7 Å². The molecule has 0 saturated heterocycles. The van der Waals surface area contributed by atoms with Crippen LogP contribution in [-0.2, 0) is 4.74 Å². The van der Waals surface area contributed by atoms with Crippen LogP contribution in [0.1, 0.15) is 50.4 Å². The lowest BCUT2D eigenvalue weighted by Crippen LogP contribution is -2.17. The summed E-state index contributed by atoms with van der Waals surface area (Å²) in [4.78, 5) is 11.6. The molecule has 0 heterocycles. The molecule has 0 saturated carbocycles. The van der Waals surface area contributed by atoms with Crippen molar-refractivity contribution in [1.82, 2.24) is 0 Å². The van der Waals surface area contributed by atoms with E-state index >= 15 is 0 Å². The Morgan fingerprint density at radius 2 is 2.00 bits per heavy atom. The third kappa shape index (κ3) is 5.25. The molecule has 1 aromatic carbocycles. The summed E-state index contributed by atoms with van der Waals surface area (Å²) in [6.07, 6.45) is 3.16. The van der Waals surface area contributed by atoms with Crippen LogP contribution in [0.5, 0.6) is 0 Å². The van der Waals surface area contributed by atoms with E-state index in [2.05, 4.69) is 23.9 Å². The van der Waals surface area contributed by atoms with Crippen molar-refractivity contribution in [2.24, 2.45) is 5.92 Å². The first kappa shape index (κ1) is 17.3. The number of anilines is 2. The van der Waals surface area contributed by atoms with Crippen molar-refractivity contribution < 1.29 is 13.9 Å². The van der Waals surface area contributed by atoms with Gasteiger partial charge in [0, 0.05) is 11.7 Å². The molecule has 118 valence electrons. The van der Waals surface area contributed by atoms with Gasteiger partial charge >= 0.3 is 5.97 Å². The highest BCUT2D eigenvalue weighted by molar-refractivity contribution is 5.96. The molecule has 5 heteroatoms. The number of nitrogen functional groups attached to an aromatic ring is 1. The molecule has 0 spiro atoms. The van der Waals surface area contributed by atoms with E-state index in [1.165, 1.54) is 13.2 Å². The molecule has 0 radical (unpaired) electrons. The molecule has 0 aliphatic carbocycles. The van der Waals surface area contributed by atoms with Gasteiger partial charge in [-0.2, -0.15) is 0 Å². The van der Waals surface area contributed by atoms with Gasteiger partial charge in [-0.25, -0.2) is 9.18 Å². The molecule has 1 atom stereocenters. The van der Waals surface area contributed by atoms with Crippen LogP contribution in [0.4, 0.5) is 15.8 Å². The van der Waals surface area contributed by atoms with Gasteiger partial charge in [0.15, 0.2) is 0 Å². The number of hydrogen-bond acceptors (Lipinski definition) is 4. The third-order valence-corrected chi connectivity index (χ3v) is 3.37. The normalized spacial score (nSPS) is 12.3. The zero-order chi connectivity index (χ0) is 16.0. The molecule has 1 unspecified atom stereocenters. The quantitative estimate of drug-likeness (QED) is 0.593. The molecule has 21 heavy (non-hydrogen) atoms. The SMILES string of the molecule is COC(=O)c1cc(NC(C)CCCC(C)C)c(F)cc1N. The lowest BCUT2D eigenvalue weighted by molar-refractivity contribution is 0.0602. The van der Waals surface area contributed by atoms with Crippen molar-refractivity contribution in [3.05, 3.63) is 23.5 Å². The molecule has 4 nitrogen and oxygen atoms in total. The van der Waals surface area contributed by atoms with Crippen LogP contribution in [0.15, 0.2) is 12.1 Å². The Labute approximate surface area is 125 Å². The lowest BCUT2D eigenvalue weighted by Gasteiger charge is -2.17. The lowest BCUT2D eigenvalue weighted by atomic mass is 10.0. The van der Waals surface area contributed by atoms with Crippen molar-refractivity contribution in [1.29, 1.82) is 0 Å². The number of nitrogens with two attached hydrogens (primary N) is 1. The van der Waals surface area contributed by atoms with Crippen LogP contribution < -0.4 is 11.1 Å². The summed E-state index contributed by atoms with van der Waals surface area (Å²) in [7, 11) is 1.27. The van der Waals surface area contributed by atoms with E-state index in [0.29, 0.717) is 5.92 Å². The Hall–Kier alpha value is -1.78. The van der Waals surface area contributed by atoms with Crippen molar-refractivity contribution in [2.75, 3.05) is 18.2 Å². The number of methoxy groups -OCH3 is 1. The number of carbonyl (C=O) groups excluding carboxylic acids is 1. The van der Waals surface area contributed by atoms with Crippen LogP contribution in [0.3, 0.4) is 0 Å². The number of esters is 1. The van der Waals surface area contributed by atoms with Crippen LogP contribution >= 0.6 is 0 Å². The maximum absolute atomic E-state index is 13.9. The Morgan fingerprint density at radius 3 is 2.57 bits per heavy atom. The molecule has 0 bridgehead atoms. The van der Waals surface area contributed by atoms with Crippen LogP contribution in [0.25, 0.3) is 0 Å². The maximum atomic E-state index is 13.9. The summed E-state index contributed by atoms with van der Waals surface area (Å²) >= 11 is 0. The summed E-state index contributed by atoms with van der Waals surface area (Å²) in [5.41, 5.74) is 6.18. The maximum Gasteiger partial charge on any atom is 0.340 e. The van der Waals surface area contributed by atoms with E-state index in [9.17, 15) is 9.18 Å². The fourth-order valence-electron chi connectivity index (χ4n) is 2.16. The Morgan fingerprint density at radius 1 is 1.33 bits per heavy atom.